The lowest BCUT2D eigenvalue weighted by molar-refractivity contribution is -0.109. The van der Waals surface area contributed by atoms with Crippen LogP contribution in [-0.4, -0.2) is 48.8 Å². The number of hydrogen-bond acceptors (Lipinski definition) is 3. The van der Waals surface area contributed by atoms with Crippen LogP contribution in [-0.2, 0) is 4.74 Å². The fourth-order valence-corrected chi connectivity index (χ4v) is 4.60. The minimum absolute atomic E-state index is 0.171. The molecule has 1 saturated heterocycles. The maximum absolute atomic E-state index is 5.89. The summed E-state index contributed by atoms with van der Waals surface area (Å²) in [5, 5.41) is 3.91. The molecule has 1 atom stereocenters. The predicted molar refractivity (Wildman–Crippen MR) is 83.0 cm³/mol. The number of nitrogens with one attached hydrogen (secondary N) is 1. The molecular weight excluding hydrogens is 248 g/mol. The Balaban J connectivity index is 1.72. The van der Waals surface area contributed by atoms with E-state index in [-0.39, 0.29) is 5.60 Å². The molecule has 3 nitrogen and oxygen atoms in total. The first-order valence-electron chi connectivity index (χ1n) is 8.62. The van der Waals surface area contributed by atoms with Gasteiger partial charge in [-0.05, 0) is 38.0 Å². The van der Waals surface area contributed by atoms with Gasteiger partial charge in [-0.25, -0.2) is 0 Å². The summed E-state index contributed by atoms with van der Waals surface area (Å²) in [5.41, 5.74) is 0.592. The van der Waals surface area contributed by atoms with Crippen molar-refractivity contribution in [2.45, 2.75) is 76.0 Å². The third-order valence-corrected chi connectivity index (χ3v) is 6.18. The van der Waals surface area contributed by atoms with Crippen molar-refractivity contribution in [2.75, 3.05) is 26.7 Å². The van der Waals surface area contributed by atoms with Crippen LogP contribution in [0.3, 0.4) is 0 Å². The summed E-state index contributed by atoms with van der Waals surface area (Å²) in [6.45, 7) is 8.28. The molecule has 1 unspecified atom stereocenters. The molecule has 3 rings (SSSR count). The van der Waals surface area contributed by atoms with Gasteiger partial charge in [-0.3, -0.25) is 4.90 Å². The fourth-order valence-electron chi connectivity index (χ4n) is 4.60. The standard InChI is InChI=1S/C17H32N2O/c1-14(2)15-11-18-16(7-4-5-8-16)12-19(15)13-17(20-3)9-6-10-17/h14-15,18H,4-13H2,1-3H3. The number of rotatable bonds is 4. The van der Waals surface area contributed by atoms with Crippen molar-refractivity contribution in [3.63, 3.8) is 0 Å². The molecule has 20 heavy (non-hydrogen) atoms. The van der Waals surface area contributed by atoms with Crippen LogP contribution in [0.1, 0.15) is 58.8 Å². The van der Waals surface area contributed by atoms with Crippen molar-refractivity contribution in [3.8, 4) is 0 Å². The number of ether oxygens (including phenoxy) is 1. The molecule has 3 aliphatic rings. The molecule has 1 N–H and O–H groups in total. The quantitative estimate of drug-likeness (QED) is 0.857. The molecule has 1 aliphatic heterocycles. The highest BCUT2D eigenvalue weighted by molar-refractivity contribution is 5.04. The lowest BCUT2D eigenvalue weighted by Gasteiger charge is -2.52. The van der Waals surface area contributed by atoms with E-state index in [4.69, 9.17) is 4.74 Å². The monoisotopic (exact) mass is 280 g/mol. The molecule has 116 valence electrons. The van der Waals surface area contributed by atoms with Crippen molar-refractivity contribution in [2.24, 2.45) is 5.92 Å². The van der Waals surface area contributed by atoms with Crippen LogP contribution in [0.25, 0.3) is 0 Å². The Kier molecular flexibility index (Phi) is 4.13. The zero-order valence-corrected chi connectivity index (χ0v) is 13.6. The molecule has 0 aromatic carbocycles. The van der Waals surface area contributed by atoms with Gasteiger partial charge in [0.25, 0.3) is 0 Å². The van der Waals surface area contributed by atoms with Crippen LogP contribution in [0.15, 0.2) is 0 Å². The predicted octanol–water partition coefficient (Wildman–Crippen LogP) is 2.80. The topological polar surface area (TPSA) is 24.5 Å². The van der Waals surface area contributed by atoms with Gasteiger partial charge in [-0.1, -0.05) is 26.7 Å². The number of nitrogens with zero attached hydrogens (tertiary/aromatic N) is 1. The van der Waals surface area contributed by atoms with Crippen molar-refractivity contribution in [1.82, 2.24) is 10.2 Å². The molecule has 0 aromatic rings. The Bertz CT molecular complexity index is 324. The normalized spacial score (nSPS) is 32.7. The van der Waals surface area contributed by atoms with Crippen LogP contribution in [0.5, 0.6) is 0 Å². The van der Waals surface area contributed by atoms with Crippen molar-refractivity contribution < 1.29 is 4.74 Å². The second-order valence-electron chi connectivity index (χ2n) is 7.83. The summed E-state index contributed by atoms with van der Waals surface area (Å²) < 4.78 is 5.89. The van der Waals surface area contributed by atoms with Crippen molar-refractivity contribution in [3.05, 3.63) is 0 Å². The highest BCUT2D eigenvalue weighted by Crippen LogP contribution is 2.39. The zero-order valence-electron chi connectivity index (χ0n) is 13.6. The number of piperazine rings is 1. The Labute approximate surface area is 124 Å². The second kappa shape index (κ2) is 5.58. The highest BCUT2D eigenvalue weighted by atomic mass is 16.5. The summed E-state index contributed by atoms with van der Waals surface area (Å²) in [6.07, 6.45) is 9.40. The second-order valence-corrected chi connectivity index (χ2v) is 7.83. The van der Waals surface area contributed by atoms with E-state index >= 15 is 0 Å². The number of hydrogen-bond donors (Lipinski definition) is 1. The summed E-state index contributed by atoms with van der Waals surface area (Å²) in [7, 11) is 1.91. The van der Waals surface area contributed by atoms with Crippen LogP contribution in [0.2, 0.25) is 0 Å². The Morgan fingerprint density at radius 1 is 1.15 bits per heavy atom. The molecule has 1 spiro atoms. The Morgan fingerprint density at radius 2 is 1.85 bits per heavy atom. The van der Waals surface area contributed by atoms with Gasteiger partial charge in [0.15, 0.2) is 0 Å². The van der Waals surface area contributed by atoms with Gasteiger partial charge in [0.1, 0.15) is 0 Å². The minimum Gasteiger partial charge on any atom is -0.377 e. The molecule has 0 aromatic heterocycles. The maximum Gasteiger partial charge on any atom is 0.0805 e. The minimum atomic E-state index is 0.171. The van der Waals surface area contributed by atoms with Crippen LogP contribution < -0.4 is 5.32 Å². The Hall–Kier alpha value is -0.120. The third kappa shape index (κ3) is 2.65. The van der Waals surface area contributed by atoms with Gasteiger partial charge >= 0.3 is 0 Å². The zero-order chi connectivity index (χ0) is 14.2. The van der Waals surface area contributed by atoms with Gasteiger partial charge in [0.05, 0.1) is 5.60 Å². The van der Waals surface area contributed by atoms with Gasteiger partial charge in [0.2, 0.25) is 0 Å². The lowest BCUT2D eigenvalue weighted by atomic mass is 9.78. The SMILES string of the molecule is COC1(CN2CC3(CCCC3)NCC2C(C)C)CCC1. The lowest BCUT2D eigenvalue weighted by Crippen LogP contribution is -2.67. The smallest absolute Gasteiger partial charge is 0.0805 e. The van der Waals surface area contributed by atoms with Crippen LogP contribution in [0, 0.1) is 5.92 Å². The molecule has 1 heterocycles. The van der Waals surface area contributed by atoms with E-state index in [9.17, 15) is 0 Å². The summed E-state index contributed by atoms with van der Waals surface area (Å²) in [5.74, 6) is 0.718. The molecular formula is C17H32N2O. The largest absolute Gasteiger partial charge is 0.377 e. The van der Waals surface area contributed by atoms with E-state index in [1.165, 1.54) is 51.5 Å². The van der Waals surface area contributed by atoms with Gasteiger partial charge in [-0.15, -0.1) is 0 Å². The maximum atomic E-state index is 5.89. The van der Waals surface area contributed by atoms with E-state index in [0.717, 1.165) is 19.0 Å². The van der Waals surface area contributed by atoms with Crippen molar-refractivity contribution >= 4 is 0 Å². The van der Waals surface area contributed by atoms with Crippen LogP contribution in [0.4, 0.5) is 0 Å². The average Bonchev–Trinajstić information content (AvgIpc) is 2.82. The molecule has 0 amide bonds. The Morgan fingerprint density at radius 3 is 2.35 bits per heavy atom. The molecule has 3 heteroatoms. The summed E-state index contributed by atoms with van der Waals surface area (Å²) in [4.78, 5) is 2.77. The van der Waals surface area contributed by atoms with Crippen LogP contribution >= 0.6 is 0 Å². The molecule has 0 bridgehead atoms. The first-order valence-corrected chi connectivity index (χ1v) is 8.62. The highest BCUT2D eigenvalue weighted by Gasteiger charge is 2.46. The van der Waals surface area contributed by atoms with Gasteiger partial charge in [-0.2, -0.15) is 0 Å². The summed E-state index contributed by atoms with van der Waals surface area (Å²) >= 11 is 0. The van der Waals surface area contributed by atoms with E-state index in [1.54, 1.807) is 0 Å². The molecule has 2 aliphatic carbocycles. The molecule has 3 fully saturated rings. The molecule has 0 radical (unpaired) electrons. The first kappa shape index (κ1) is 14.8. The van der Waals surface area contributed by atoms with E-state index in [1.807, 2.05) is 7.11 Å². The van der Waals surface area contributed by atoms with E-state index < -0.39 is 0 Å². The van der Waals surface area contributed by atoms with E-state index in [2.05, 4.69) is 24.1 Å². The third-order valence-electron chi connectivity index (χ3n) is 6.18. The average molecular weight is 280 g/mol. The molecule has 2 saturated carbocycles. The number of methoxy groups -OCH3 is 1. The fraction of sp³-hybridized carbons (Fsp3) is 1.00. The van der Waals surface area contributed by atoms with Crippen molar-refractivity contribution in [1.29, 1.82) is 0 Å². The first-order chi connectivity index (χ1) is 9.58. The van der Waals surface area contributed by atoms with Gasteiger partial charge in [0, 0.05) is 38.3 Å². The summed E-state index contributed by atoms with van der Waals surface area (Å²) in [6, 6.07) is 0.675. The van der Waals surface area contributed by atoms with Gasteiger partial charge < -0.3 is 10.1 Å². The van der Waals surface area contributed by atoms with E-state index in [0.29, 0.717) is 11.6 Å².